The molecule has 4 nitrogen and oxygen atoms in total. The summed E-state index contributed by atoms with van der Waals surface area (Å²) in [6.07, 6.45) is 4.36. The lowest BCUT2D eigenvalue weighted by Gasteiger charge is -2.30. The largest absolute Gasteiger partial charge is 0.357 e. The van der Waals surface area contributed by atoms with Gasteiger partial charge in [-0.2, -0.15) is 0 Å². The highest BCUT2D eigenvalue weighted by atomic mass is 127. The molecular formula is C20H34IN3OS2. The molecule has 0 spiro atoms. The van der Waals surface area contributed by atoms with Crippen LogP contribution in [0.2, 0.25) is 0 Å². The predicted molar refractivity (Wildman–Crippen MR) is 131 cm³/mol. The molecule has 0 bridgehead atoms. The molecule has 0 radical (unpaired) electrons. The van der Waals surface area contributed by atoms with E-state index in [1.807, 2.05) is 24.8 Å². The molecule has 1 aliphatic carbocycles. The Kier molecular flexibility index (Phi) is 12.7. The maximum Gasteiger partial charge on any atom is 0.191 e. The molecule has 4 atom stereocenters. The van der Waals surface area contributed by atoms with E-state index in [1.54, 1.807) is 0 Å². The summed E-state index contributed by atoms with van der Waals surface area (Å²) >= 11 is 1.85. The smallest absolute Gasteiger partial charge is 0.191 e. The van der Waals surface area contributed by atoms with E-state index < -0.39 is 10.8 Å². The fraction of sp³-hybridized carbons (Fsp3) is 0.650. The molecule has 154 valence electrons. The summed E-state index contributed by atoms with van der Waals surface area (Å²) in [6, 6.07) is 10.9. The van der Waals surface area contributed by atoms with E-state index in [0.29, 0.717) is 16.5 Å². The van der Waals surface area contributed by atoms with Crippen LogP contribution in [-0.4, -0.2) is 45.6 Å². The zero-order valence-electron chi connectivity index (χ0n) is 16.6. The first-order valence-corrected chi connectivity index (χ1v) is 12.0. The Morgan fingerprint density at radius 1 is 1.30 bits per heavy atom. The van der Waals surface area contributed by atoms with Gasteiger partial charge in [-0.15, -0.1) is 35.7 Å². The minimum atomic E-state index is -0.690. The molecule has 7 heteroatoms. The Morgan fingerprint density at radius 3 is 2.70 bits per heavy atom. The zero-order valence-corrected chi connectivity index (χ0v) is 20.6. The quantitative estimate of drug-likeness (QED) is 0.229. The van der Waals surface area contributed by atoms with E-state index in [-0.39, 0.29) is 24.0 Å². The summed E-state index contributed by atoms with van der Waals surface area (Å²) in [5.74, 6) is 1.65. The number of nitrogens with zero attached hydrogens (tertiary/aromatic N) is 1. The van der Waals surface area contributed by atoms with Crippen molar-refractivity contribution in [3.05, 3.63) is 30.3 Å². The van der Waals surface area contributed by atoms with Crippen molar-refractivity contribution >= 4 is 52.5 Å². The molecule has 1 aromatic carbocycles. The van der Waals surface area contributed by atoms with Gasteiger partial charge in [0.15, 0.2) is 5.96 Å². The van der Waals surface area contributed by atoms with Crippen LogP contribution in [0.4, 0.5) is 0 Å². The van der Waals surface area contributed by atoms with Crippen molar-refractivity contribution in [2.24, 2.45) is 4.99 Å². The first-order chi connectivity index (χ1) is 12.6. The maximum absolute atomic E-state index is 12.1. The average Bonchev–Trinajstić information content (AvgIpc) is 2.66. The van der Waals surface area contributed by atoms with Crippen LogP contribution in [-0.2, 0) is 10.8 Å². The third-order valence-electron chi connectivity index (χ3n) is 4.55. The molecule has 4 unspecified atom stereocenters. The number of hydrogen-bond donors (Lipinski definition) is 2. The van der Waals surface area contributed by atoms with Crippen LogP contribution in [0.5, 0.6) is 0 Å². The molecule has 0 aliphatic heterocycles. The van der Waals surface area contributed by atoms with Crippen LogP contribution in [0.25, 0.3) is 0 Å². The lowest BCUT2D eigenvalue weighted by atomic mass is 9.95. The molecule has 0 aromatic heterocycles. The van der Waals surface area contributed by atoms with Gasteiger partial charge in [0.1, 0.15) is 0 Å². The van der Waals surface area contributed by atoms with E-state index in [9.17, 15) is 4.21 Å². The number of aliphatic imine (C=N–C) groups is 1. The van der Waals surface area contributed by atoms with Crippen molar-refractivity contribution in [1.29, 1.82) is 0 Å². The van der Waals surface area contributed by atoms with Crippen LogP contribution in [0.15, 0.2) is 40.2 Å². The van der Waals surface area contributed by atoms with Gasteiger partial charge in [0.2, 0.25) is 0 Å². The highest BCUT2D eigenvalue weighted by Gasteiger charge is 2.26. The van der Waals surface area contributed by atoms with E-state index in [1.165, 1.54) is 4.90 Å². The molecule has 27 heavy (non-hydrogen) atoms. The van der Waals surface area contributed by atoms with Crippen molar-refractivity contribution < 1.29 is 4.21 Å². The summed E-state index contributed by atoms with van der Waals surface area (Å²) in [4.78, 5) is 6.07. The summed E-state index contributed by atoms with van der Waals surface area (Å²) in [6.45, 7) is 7.94. The highest BCUT2D eigenvalue weighted by molar-refractivity contribution is 14.0. The Balaban J connectivity index is 0.00000364. The fourth-order valence-corrected chi connectivity index (χ4v) is 5.53. The third kappa shape index (κ3) is 9.17. The molecular weight excluding hydrogens is 489 g/mol. The van der Waals surface area contributed by atoms with Crippen molar-refractivity contribution in [2.75, 3.05) is 18.8 Å². The molecule has 2 N–H and O–H groups in total. The summed E-state index contributed by atoms with van der Waals surface area (Å²) < 4.78 is 12.1. The van der Waals surface area contributed by atoms with Crippen LogP contribution in [0.1, 0.15) is 46.5 Å². The third-order valence-corrected chi connectivity index (χ3v) is 7.39. The number of halogens is 1. The molecule has 0 saturated heterocycles. The molecule has 1 aromatic rings. The van der Waals surface area contributed by atoms with Crippen LogP contribution < -0.4 is 10.6 Å². The lowest BCUT2D eigenvalue weighted by Crippen LogP contribution is -2.46. The number of nitrogens with one attached hydrogen (secondary N) is 2. The van der Waals surface area contributed by atoms with Gasteiger partial charge in [0, 0.05) is 44.5 Å². The number of benzene rings is 1. The van der Waals surface area contributed by atoms with Gasteiger partial charge >= 0.3 is 0 Å². The average molecular weight is 524 g/mol. The normalized spacial score (nSPS) is 22.4. The lowest BCUT2D eigenvalue weighted by molar-refractivity contribution is 0.413. The van der Waals surface area contributed by atoms with Crippen LogP contribution in [0.3, 0.4) is 0 Å². The van der Waals surface area contributed by atoms with Crippen LogP contribution >= 0.6 is 35.7 Å². The molecule has 1 aliphatic rings. The van der Waals surface area contributed by atoms with Gasteiger partial charge in [0.05, 0.1) is 6.54 Å². The van der Waals surface area contributed by atoms with Crippen molar-refractivity contribution in [2.45, 2.75) is 67.9 Å². The maximum atomic E-state index is 12.1. The second kappa shape index (κ2) is 13.8. The summed E-state index contributed by atoms with van der Waals surface area (Å²) in [5, 5.41) is 7.69. The molecule has 2 rings (SSSR count). The summed E-state index contributed by atoms with van der Waals surface area (Å²) in [7, 11) is -0.690. The number of guanidine groups is 1. The van der Waals surface area contributed by atoms with Crippen molar-refractivity contribution in [3.8, 4) is 0 Å². The molecule has 0 amide bonds. The topological polar surface area (TPSA) is 53.5 Å². The predicted octanol–water partition coefficient (Wildman–Crippen LogP) is 4.42. The zero-order chi connectivity index (χ0) is 18.8. The molecule has 1 fully saturated rings. The highest BCUT2D eigenvalue weighted by Crippen LogP contribution is 2.24. The fourth-order valence-electron chi connectivity index (χ4n) is 3.25. The van der Waals surface area contributed by atoms with Gasteiger partial charge in [-0.1, -0.05) is 38.5 Å². The molecule has 0 heterocycles. The number of rotatable bonds is 8. The standard InChI is InChI=1S/C20H33N3OS2.HI/c1-4-21-20(22-15-16(3)25-18-11-7-6-8-12-18)23-17-10-9-13-19(14-17)26(24)5-2;/h6-8,11-12,16-17,19H,4-5,9-10,13-15H2,1-3H3,(H2,21,22,23);1H. The first-order valence-electron chi connectivity index (χ1n) is 9.76. The van der Waals surface area contributed by atoms with Crippen molar-refractivity contribution in [1.82, 2.24) is 10.6 Å². The van der Waals surface area contributed by atoms with E-state index in [0.717, 1.165) is 50.5 Å². The Hall–Kier alpha value is -0.280. The van der Waals surface area contributed by atoms with Gasteiger partial charge in [-0.3, -0.25) is 9.20 Å². The van der Waals surface area contributed by atoms with Gasteiger partial charge in [-0.05, 0) is 38.3 Å². The Morgan fingerprint density at radius 2 is 2.04 bits per heavy atom. The first kappa shape index (κ1) is 24.8. The Bertz CT molecular complexity index is 586. The van der Waals surface area contributed by atoms with Crippen molar-refractivity contribution in [3.63, 3.8) is 0 Å². The Labute approximate surface area is 188 Å². The SMILES string of the molecule is CCNC(=NCC(C)Sc1ccccc1)NC1CCCC(S(=O)CC)C1.I. The molecule has 1 saturated carbocycles. The van der Waals surface area contributed by atoms with Gasteiger partial charge < -0.3 is 10.6 Å². The van der Waals surface area contributed by atoms with E-state index in [4.69, 9.17) is 4.99 Å². The summed E-state index contributed by atoms with van der Waals surface area (Å²) in [5.41, 5.74) is 0. The van der Waals surface area contributed by atoms with E-state index in [2.05, 4.69) is 48.7 Å². The van der Waals surface area contributed by atoms with Crippen LogP contribution in [0, 0.1) is 0 Å². The van der Waals surface area contributed by atoms with E-state index >= 15 is 0 Å². The van der Waals surface area contributed by atoms with Gasteiger partial charge in [0.25, 0.3) is 0 Å². The minimum absolute atomic E-state index is 0. The van der Waals surface area contributed by atoms with Gasteiger partial charge in [-0.25, -0.2) is 0 Å². The number of thioether (sulfide) groups is 1. The second-order valence-electron chi connectivity index (χ2n) is 6.76. The second-order valence-corrected chi connectivity index (χ2v) is 10.3. The minimum Gasteiger partial charge on any atom is -0.357 e. The number of hydrogen-bond acceptors (Lipinski definition) is 3. The monoisotopic (exact) mass is 523 g/mol.